The lowest BCUT2D eigenvalue weighted by Gasteiger charge is -2.07. The van der Waals surface area contributed by atoms with E-state index < -0.39 is 5.82 Å². The van der Waals surface area contributed by atoms with Gasteiger partial charge in [-0.05, 0) is 12.1 Å². The minimum atomic E-state index is -0.471. The lowest BCUT2D eigenvalue weighted by Crippen LogP contribution is -2.00. The molecule has 13 heavy (non-hydrogen) atoms. The Morgan fingerprint density at radius 2 is 1.92 bits per heavy atom. The molecule has 0 aliphatic heterocycles. The summed E-state index contributed by atoms with van der Waals surface area (Å²) >= 11 is 11.4. The van der Waals surface area contributed by atoms with Gasteiger partial charge in [0.25, 0.3) is 0 Å². The van der Waals surface area contributed by atoms with Gasteiger partial charge in [-0.3, -0.25) is 0 Å². The molecule has 0 saturated heterocycles. The van der Waals surface area contributed by atoms with Crippen LogP contribution in [0.25, 0.3) is 0 Å². The Bertz CT molecular complexity index is 334. The summed E-state index contributed by atoms with van der Waals surface area (Å²) in [6.45, 7) is 0.297. The Hall–Kier alpha value is -0.910. The van der Waals surface area contributed by atoms with E-state index in [0.717, 1.165) is 0 Å². The number of benzene rings is 1. The predicted octanol–water partition coefficient (Wildman–Crippen LogP) is 3.18. The van der Waals surface area contributed by atoms with Crippen molar-refractivity contribution in [3.8, 4) is 12.3 Å². The van der Waals surface area contributed by atoms with Crippen molar-refractivity contribution in [2.45, 2.75) is 0 Å². The molecule has 0 aliphatic carbocycles. The lowest BCUT2D eigenvalue weighted by molar-refractivity contribution is 0.628. The number of terminal acetylenes is 1. The van der Waals surface area contributed by atoms with E-state index >= 15 is 0 Å². The third kappa shape index (κ3) is 2.51. The van der Waals surface area contributed by atoms with Gasteiger partial charge in [0.1, 0.15) is 5.82 Å². The van der Waals surface area contributed by atoms with Gasteiger partial charge >= 0.3 is 0 Å². The molecule has 0 amide bonds. The first-order valence-electron chi connectivity index (χ1n) is 3.47. The van der Waals surface area contributed by atoms with Crippen LogP contribution >= 0.6 is 23.2 Å². The first kappa shape index (κ1) is 10.2. The second-order valence-corrected chi connectivity index (χ2v) is 3.12. The van der Waals surface area contributed by atoms with Gasteiger partial charge in [-0.25, -0.2) is 4.39 Å². The fraction of sp³-hybridized carbons (Fsp3) is 0.111. The highest BCUT2D eigenvalue weighted by Gasteiger charge is 2.06. The summed E-state index contributed by atoms with van der Waals surface area (Å²) in [5, 5.41) is 3.24. The van der Waals surface area contributed by atoms with Crippen molar-refractivity contribution >= 4 is 28.9 Å². The van der Waals surface area contributed by atoms with Crippen molar-refractivity contribution in [2.75, 3.05) is 11.9 Å². The third-order valence-electron chi connectivity index (χ3n) is 1.37. The van der Waals surface area contributed by atoms with Gasteiger partial charge < -0.3 is 5.32 Å². The predicted molar refractivity (Wildman–Crippen MR) is 53.7 cm³/mol. The van der Waals surface area contributed by atoms with Gasteiger partial charge in [-0.1, -0.05) is 29.1 Å². The van der Waals surface area contributed by atoms with E-state index in [2.05, 4.69) is 11.2 Å². The molecule has 1 nitrogen and oxygen atoms in total. The van der Waals surface area contributed by atoms with E-state index in [9.17, 15) is 4.39 Å². The normalized spacial score (nSPS) is 9.38. The molecule has 0 bridgehead atoms. The molecule has 0 fully saturated rings. The maximum Gasteiger partial charge on any atom is 0.126 e. The minimum absolute atomic E-state index is 0.222. The Morgan fingerprint density at radius 3 is 2.38 bits per heavy atom. The molecule has 0 atom stereocenters. The largest absolute Gasteiger partial charge is 0.372 e. The number of anilines is 1. The Morgan fingerprint density at radius 1 is 1.38 bits per heavy atom. The van der Waals surface area contributed by atoms with Crippen LogP contribution in [0, 0.1) is 18.2 Å². The van der Waals surface area contributed by atoms with E-state index in [0.29, 0.717) is 12.2 Å². The molecule has 0 aliphatic rings. The van der Waals surface area contributed by atoms with Crippen molar-refractivity contribution < 1.29 is 4.39 Å². The fourth-order valence-corrected chi connectivity index (χ4v) is 1.44. The average molecular weight is 218 g/mol. The second-order valence-electron chi connectivity index (χ2n) is 2.30. The van der Waals surface area contributed by atoms with Gasteiger partial charge in [0.15, 0.2) is 0 Å². The highest BCUT2D eigenvalue weighted by atomic mass is 35.5. The van der Waals surface area contributed by atoms with Crippen LogP contribution in [0.2, 0.25) is 10.0 Å². The van der Waals surface area contributed by atoms with Crippen LogP contribution < -0.4 is 5.32 Å². The first-order valence-corrected chi connectivity index (χ1v) is 4.22. The maximum absolute atomic E-state index is 12.7. The molecular formula is C9H6Cl2FN. The number of rotatable bonds is 2. The first-order chi connectivity index (χ1) is 6.15. The summed E-state index contributed by atoms with van der Waals surface area (Å²) in [6.07, 6.45) is 5.03. The van der Waals surface area contributed by atoms with Crippen molar-refractivity contribution in [3.63, 3.8) is 0 Å². The monoisotopic (exact) mass is 217 g/mol. The molecule has 1 aromatic carbocycles. The van der Waals surface area contributed by atoms with Gasteiger partial charge in [0, 0.05) is 0 Å². The smallest absolute Gasteiger partial charge is 0.126 e. The zero-order valence-electron chi connectivity index (χ0n) is 6.57. The molecule has 4 heteroatoms. The highest BCUT2D eigenvalue weighted by molar-refractivity contribution is 6.39. The number of halogens is 3. The molecule has 1 rings (SSSR count). The van der Waals surface area contributed by atoms with E-state index in [1.165, 1.54) is 12.1 Å². The molecule has 0 heterocycles. The van der Waals surface area contributed by atoms with Gasteiger partial charge in [0.05, 0.1) is 22.3 Å². The van der Waals surface area contributed by atoms with Crippen LogP contribution in [0.5, 0.6) is 0 Å². The van der Waals surface area contributed by atoms with E-state index in [-0.39, 0.29) is 10.0 Å². The lowest BCUT2D eigenvalue weighted by atomic mass is 10.3. The van der Waals surface area contributed by atoms with Gasteiger partial charge in [-0.2, -0.15) is 0 Å². The zero-order chi connectivity index (χ0) is 9.84. The van der Waals surface area contributed by atoms with E-state index in [4.69, 9.17) is 29.6 Å². The van der Waals surface area contributed by atoms with Gasteiger partial charge in [0.2, 0.25) is 0 Å². The Kier molecular flexibility index (Phi) is 3.41. The third-order valence-corrected chi connectivity index (χ3v) is 1.97. The fourth-order valence-electron chi connectivity index (χ4n) is 0.851. The molecule has 0 saturated carbocycles. The molecule has 1 N–H and O–H groups in total. The van der Waals surface area contributed by atoms with E-state index in [1.807, 2.05) is 0 Å². The molecule has 0 aromatic heterocycles. The van der Waals surface area contributed by atoms with Crippen LogP contribution in [0.4, 0.5) is 10.1 Å². The van der Waals surface area contributed by atoms with Crippen LogP contribution in [0.3, 0.4) is 0 Å². The zero-order valence-corrected chi connectivity index (χ0v) is 8.08. The summed E-state index contributed by atoms with van der Waals surface area (Å²) in [5.74, 6) is 1.89. The standard InChI is InChI=1S/C9H6Cl2FN/c1-2-3-13-9-7(10)4-6(12)5-8(9)11/h1,4-5,13H,3H2. The topological polar surface area (TPSA) is 12.0 Å². The van der Waals surface area contributed by atoms with Gasteiger partial charge in [-0.15, -0.1) is 6.42 Å². The van der Waals surface area contributed by atoms with Crippen molar-refractivity contribution in [2.24, 2.45) is 0 Å². The molecule has 0 radical (unpaired) electrons. The second kappa shape index (κ2) is 4.36. The average Bonchev–Trinajstić information content (AvgIpc) is 2.02. The quantitative estimate of drug-likeness (QED) is 0.751. The Labute approximate surface area is 85.8 Å². The molecule has 0 unspecified atom stereocenters. The van der Waals surface area contributed by atoms with Crippen LogP contribution in [0.1, 0.15) is 0 Å². The summed E-state index contributed by atoms with van der Waals surface area (Å²) < 4.78 is 12.7. The summed E-state index contributed by atoms with van der Waals surface area (Å²) in [5.41, 5.74) is 0.461. The van der Waals surface area contributed by atoms with E-state index in [1.54, 1.807) is 0 Å². The number of nitrogens with one attached hydrogen (secondary N) is 1. The molecule has 1 aromatic rings. The SMILES string of the molecule is C#CCNc1c(Cl)cc(F)cc1Cl. The van der Waals surface area contributed by atoms with Crippen molar-refractivity contribution in [1.82, 2.24) is 0 Å². The van der Waals surface area contributed by atoms with Crippen molar-refractivity contribution in [1.29, 1.82) is 0 Å². The Balaban J connectivity index is 3.00. The van der Waals surface area contributed by atoms with Crippen LogP contribution in [-0.2, 0) is 0 Å². The highest BCUT2D eigenvalue weighted by Crippen LogP contribution is 2.30. The summed E-state index contributed by atoms with van der Waals surface area (Å²) in [6, 6.07) is 2.35. The molecular weight excluding hydrogens is 212 g/mol. The minimum Gasteiger partial charge on any atom is -0.372 e. The summed E-state index contributed by atoms with van der Waals surface area (Å²) in [7, 11) is 0. The summed E-state index contributed by atoms with van der Waals surface area (Å²) in [4.78, 5) is 0. The molecule has 0 spiro atoms. The number of hydrogen-bond acceptors (Lipinski definition) is 1. The van der Waals surface area contributed by atoms with Crippen LogP contribution in [0.15, 0.2) is 12.1 Å². The van der Waals surface area contributed by atoms with Crippen LogP contribution in [-0.4, -0.2) is 6.54 Å². The molecule has 68 valence electrons. The number of hydrogen-bond donors (Lipinski definition) is 1. The maximum atomic E-state index is 12.7. The van der Waals surface area contributed by atoms with Crippen molar-refractivity contribution in [3.05, 3.63) is 28.0 Å².